The van der Waals surface area contributed by atoms with Gasteiger partial charge in [0.2, 0.25) is 0 Å². The van der Waals surface area contributed by atoms with Gasteiger partial charge in [-0.15, -0.1) is 0 Å². The zero-order valence-electron chi connectivity index (χ0n) is 16.5. The Hall–Kier alpha value is -2.87. The number of carbonyl (C=O) groups excluding carboxylic acids is 2. The summed E-state index contributed by atoms with van der Waals surface area (Å²) in [5, 5.41) is 2.77. The normalized spacial score (nSPS) is 14.7. The average molecular weight is 417 g/mol. The minimum atomic E-state index is -4.00. The summed E-state index contributed by atoms with van der Waals surface area (Å²) in [5.41, 5.74) is 1.57. The first kappa shape index (κ1) is 20.9. The highest BCUT2D eigenvalue weighted by Gasteiger charge is 2.27. The number of benzene rings is 2. The maximum absolute atomic E-state index is 12.5. The zero-order chi connectivity index (χ0) is 21.2. The van der Waals surface area contributed by atoms with Gasteiger partial charge in [-0.05, 0) is 75.1 Å². The van der Waals surface area contributed by atoms with Crippen molar-refractivity contribution in [2.75, 3.05) is 0 Å². The number of hydrogen-bond acceptors (Lipinski definition) is 6. The molecule has 0 radical (unpaired) electrons. The fraction of sp³-hybridized carbons (Fsp3) is 0.333. The Bertz CT molecular complexity index is 1030. The lowest BCUT2D eigenvalue weighted by Crippen LogP contribution is -2.37. The predicted octanol–water partition coefficient (Wildman–Crippen LogP) is 2.90. The number of carbonyl (C=O) groups is 2. The maximum atomic E-state index is 12.5. The number of esters is 1. The Labute approximate surface area is 170 Å². The van der Waals surface area contributed by atoms with Gasteiger partial charge in [-0.3, -0.25) is 4.79 Å². The lowest BCUT2D eigenvalue weighted by Gasteiger charge is -2.13. The van der Waals surface area contributed by atoms with Crippen molar-refractivity contribution in [1.29, 1.82) is 0 Å². The van der Waals surface area contributed by atoms with Crippen molar-refractivity contribution >= 4 is 22.0 Å². The molecule has 0 spiro atoms. The minimum absolute atomic E-state index is 0.0713. The van der Waals surface area contributed by atoms with Gasteiger partial charge >= 0.3 is 16.1 Å². The third kappa shape index (κ3) is 5.35. The van der Waals surface area contributed by atoms with Crippen LogP contribution in [0.4, 0.5) is 0 Å². The van der Waals surface area contributed by atoms with E-state index in [1.54, 1.807) is 26.0 Å². The summed E-state index contributed by atoms with van der Waals surface area (Å²) >= 11 is 0. The molecule has 29 heavy (non-hydrogen) atoms. The highest BCUT2D eigenvalue weighted by molar-refractivity contribution is 7.87. The molecule has 154 valence electrons. The number of hydrogen-bond donors (Lipinski definition) is 1. The van der Waals surface area contributed by atoms with Gasteiger partial charge in [-0.2, -0.15) is 8.42 Å². The minimum Gasteiger partial charge on any atom is -0.449 e. The SMILES string of the molecule is Cc1ccc(C)c(S(=O)(=O)Oc2ccc(C(=O)O[C@@H](C)C(=O)NC3CC3)cc2)c1. The summed E-state index contributed by atoms with van der Waals surface area (Å²) in [5.74, 6) is -0.935. The van der Waals surface area contributed by atoms with Gasteiger partial charge in [-0.25, -0.2) is 4.79 Å². The molecule has 1 fully saturated rings. The predicted molar refractivity (Wildman–Crippen MR) is 106 cm³/mol. The molecule has 0 aromatic heterocycles. The molecule has 1 aliphatic rings. The average Bonchev–Trinajstić information content (AvgIpc) is 3.47. The standard InChI is InChI=1S/C21H23NO6S/c1-13-4-5-14(2)19(12-13)29(25,26)28-18-10-6-16(7-11-18)21(24)27-15(3)20(23)22-17-8-9-17/h4-7,10-12,15,17H,8-9H2,1-3H3,(H,22,23)/t15-/m0/s1. The maximum Gasteiger partial charge on any atom is 0.339 e. The highest BCUT2D eigenvalue weighted by Crippen LogP contribution is 2.23. The molecule has 0 bridgehead atoms. The van der Waals surface area contributed by atoms with Crippen LogP contribution in [0.15, 0.2) is 47.4 Å². The molecule has 0 aliphatic heterocycles. The van der Waals surface area contributed by atoms with Crippen molar-refractivity contribution in [1.82, 2.24) is 5.32 Å². The van der Waals surface area contributed by atoms with Gasteiger partial charge in [0.15, 0.2) is 6.10 Å². The van der Waals surface area contributed by atoms with Crippen molar-refractivity contribution in [3.05, 3.63) is 59.2 Å². The van der Waals surface area contributed by atoms with Crippen molar-refractivity contribution < 1.29 is 26.9 Å². The first-order valence-electron chi connectivity index (χ1n) is 9.29. The van der Waals surface area contributed by atoms with E-state index >= 15 is 0 Å². The molecule has 1 N–H and O–H groups in total. The Balaban J connectivity index is 1.65. The second kappa shape index (κ2) is 8.24. The van der Waals surface area contributed by atoms with Gasteiger partial charge in [0.1, 0.15) is 10.6 Å². The van der Waals surface area contributed by atoms with Crippen LogP contribution in [0.25, 0.3) is 0 Å². The van der Waals surface area contributed by atoms with Crippen molar-refractivity contribution in [3.63, 3.8) is 0 Å². The molecule has 0 heterocycles. The number of nitrogens with one attached hydrogen (secondary N) is 1. The van der Waals surface area contributed by atoms with E-state index in [1.165, 1.54) is 31.2 Å². The van der Waals surface area contributed by atoms with Gasteiger partial charge in [0.25, 0.3) is 5.91 Å². The molecule has 3 rings (SSSR count). The lowest BCUT2D eigenvalue weighted by atomic mass is 10.2. The molecule has 1 aliphatic carbocycles. The van der Waals surface area contributed by atoms with E-state index < -0.39 is 22.2 Å². The molecule has 8 heteroatoms. The first-order chi connectivity index (χ1) is 13.7. The molecule has 7 nitrogen and oxygen atoms in total. The van der Waals surface area contributed by atoms with Crippen LogP contribution in [0.2, 0.25) is 0 Å². The van der Waals surface area contributed by atoms with E-state index in [-0.39, 0.29) is 28.2 Å². The Kier molecular flexibility index (Phi) is 5.93. The van der Waals surface area contributed by atoms with E-state index in [0.717, 1.165) is 18.4 Å². The Morgan fingerprint density at radius 3 is 2.34 bits per heavy atom. The van der Waals surface area contributed by atoms with Gasteiger partial charge in [0.05, 0.1) is 5.56 Å². The summed E-state index contributed by atoms with van der Waals surface area (Å²) in [6.07, 6.45) is 0.973. The summed E-state index contributed by atoms with van der Waals surface area (Å²) in [4.78, 5) is 24.2. The van der Waals surface area contributed by atoms with E-state index in [2.05, 4.69) is 5.32 Å². The number of ether oxygens (including phenoxy) is 1. The number of amides is 1. The van der Waals surface area contributed by atoms with Crippen LogP contribution in [0.5, 0.6) is 5.75 Å². The van der Waals surface area contributed by atoms with Gasteiger partial charge in [0, 0.05) is 6.04 Å². The Morgan fingerprint density at radius 2 is 1.72 bits per heavy atom. The van der Waals surface area contributed by atoms with Crippen LogP contribution in [0.3, 0.4) is 0 Å². The third-order valence-electron chi connectivity index (χ3n) is 4.49. The van der Waals surface area contributed by atoms with Crippen LogP contribution >= 0.6 is 0 Å². The topological polar surface area (TPSA) is 98.8 Å². The van der Waals surface area contributed by atoms with Crippen LogP contribution < -0.4 is 9.50 Å². The number of aryl methyl sites for hydroxylation is 2. The van der Waals surface area contributed by atoms with E-state index in [1.807, 2.05) is 6.07 Å². The smallest absolute Gasteiger partial charge is 0.339 e. The molecule has 1 amide bonds. The fourth-order valence-corrected chi connectivity index (χ4v) is 3.87. The molecule has 0 saturated heterocycles. The van der Waals surface area contributed by atoms with Gasteiger partial charge in [-0.1, -0.05) is 12.1 Å². The van der Waals surface area contributed by atoms with Crippen molar-refractivity contribution in [3.8, 4) is 5.75 Å². The molecule has 1 saturated carbocycles. The van der Waals surface area contributed by atoms with Gasteiger partial charge < -0.3 is 14.2 Å². The lowest BCUT2D eigenvalue weighted by molar-refractivity contribution is -0.129. The zero-order valence-corrected chi connectivity index (χ0v) is 17.3. The molecule has 0 unspecified atom stereocenters. The van der Waals surface area contributed by atoms with E-state index in [9.17, 15) is 18.0 Å². The van der Waals surface area contributed by atoms with Crippen molar-refractivity contribution in [2.45, 2.75) is 50.7 Å². The van der Waals surface area contributed by atoms with E-state index in [4.69, 9.17) is 8.92 Å². The molecular formula is C21H23NO6S. The molecule has 2 aromatic carbocycles. The highest BCUT2D eigenvalue weighted by atomic mass is 32.2. The summed E-state index contributed by atoms with van der Waals surface area (Å²) in [6, 6.07) is 10.8. The summed E-state index contributed by atoms with van der Waals surface area (Å²) < 4.78 is 35.4. The second-order valence-corrected chi connectivity index (χ2v) is 8.68. The Morgan fingerprint density at radius 1 is 1.07 bits per heavy atom. The monoisotopic (exact) mass is 417 g/mol. The second-order valence-electron chi connectivity index (χ2n) is 7.16. The third-order valence-corrected chi connectivity index (χ3v) is 5.88. The number of rotatable bonds is 7. The molecular weight excluding hydrogens is 394 g/mol. The van der Waals surface area contributed by atoms with Crippen LogP contribution in [-0.2, 0) is 19.6 Å². The van der Waals surface area contributed by atoms with Crippen LogP contribution in [-0.4, -0.2) is 32.4 Å². The summed E-state index contributed by atoms with van der Waals surface area (Å²) in [6.45, 7) is 4.99. The van der Waals surface area contributed by atoms with Crippen LogP contribution in [0.1, 0.15) is 41.3 Å². The van der Waals surface area contributed by atoms with E-state index in [0.29, 0.717) is 5.56 Å². The van der Waals surface area contributed by atoms with Crippen molar-refractivity contribution in [2.24, 2.45) is 0 Å². The van der Waals surface area contributed by atoms with Crippen LogP contribution in [0, 0.1) is 13.8 Å². The molecule has 2 aromatic rings. The molecule has 1 atom stereocenters. The quantitative estimate of drug-likeness (QED) is 0.549. The summed E-state index contributed by atoms with van der Waals surface area (Å²) in [7, 11) is -4.00. The fourth-order valence-electron chi connectivity index (χ4n) is 2.62. The largest absolute Gasteiger partial charge is 0.449 e. The first-order valence-corrected chi connectivity index (χ1v) is 10.7.